The van der Waals surface area contributed by atoms with Gasteiger partial charge >= 0.3 is 0 Å². The quantitative estimate of drug-likeness (QED) is 0.864. The van der Waals surface area contributed by atoms with E-state index in [-0.39, 0.29) is 5.91 Å². The maximum absolute atomic E-state index is 12.6. The third-order valence-electron chi connectivity index (χ3n) is 4.26. The highest BCUT2D eigenvalue weighted by atomic mass is 16.5. The standard InChI is InChI=1S/C16H24N2O2/c1-11(2)12-6-8-18(9-7-12)16(19)14-10-13(20-3)4-5-15(14)17/h4-5,10-12H,6-9,17H2,1-3H3. The van der Waals surface area contributed by atoms with Crippen LogP contribution in [0.5, 0.6) is 5.75 Å². The molecule has 0 radical (unpaired) electrons. The van der Waals surface area contributed by atoms with Gasteiger partial charge in [0.25, 0.3) is 5.91 Å². The van der Waals surface area contributed by atoms with Gasteiger partial charge in [0.2, 0.25) is 0 Å². The summed E-state index contributed by atoms with van der Waals surface area (Å²) in [5.41, 5.74) is 6.99. The number of nitrogens with zero attached hydrogens (tertiary/aromatic N) is 1. The number of amides is 1. The molecule has 4 heteroatoms. The highest BCUT2D eigenvalue weighted by Gasteiger charge is 2.26. The van der Waals surface area contributed by atoms with Crippen LogP contribution < -0.4 is 10.5 Å². The molecule has 2 N–H and O–H groups in total. The molecule has 4 nitrogen and oxygen atoms in total. The minimum atomic E-state index is 0.0172. The second kappa shape index (κ2) is 6.16. The first-order valence-electron chi connectivity index (χ1n) is 7.25. The van der Waals surface area contributed by atoms with E-state index in [1.54, 1.807) is 25.3 Å². The molecule has 0 aromatic heterocycles. The number of benzene rings is 1. The van der Waals surface area contributed by atoms with E-state index in [4.69, 9.17) is 10.5 Å². The molecule has 0 atom stereocenters. The normalized spacial score (nSPS) is 16.5. The first-order valence-corrected chi connectivity index (χ1v) is 7.25. The van der Waals surface area contributed by atoms with Crippen LogP contribution in [0.2, 0.25) is 0 Å². The molecule has 1 amide bonds. The molecule has 0 spiro atoms. The summed E-state index contributed by atoms with van der Waals surface area (Å²) in [4.78, 5) is 14.5. The molecule has 1 aromatic rings. The van der Waals surface area contributed by atoms with Gasteiger partial charge in [-0.3, -0.25) is 4.79 Å². The molecule has 1 heterocycles. The molecule has 0 unspecified atom stereocenters. The average Bonchev–Trinajstić information content (AvgIpc) is 2.47. The number of nitrogens with two attached hydrogens (primary N) is 1. The third-order valence-corrected chi connectivity index (χ3v) is 4.26. The van der Waals surface area contributed by atoms with Crippen molar-refractivity contribution in [1.29, 1.82) is 0 Å². The molecular weight excluding hydrogens is 252 g/mol. The number of hydrogen-bond donors (Lipinski definition) is 1. The SMILES string of the molecule is COc1ccc(N)c(C(=O)N2CCC(C(C)C)CC2)c1. The van der Waals surface area contributed by atoms with Gasteiger partial charge in [-0.15, -0.1) is 0 Å². The van der Waals surface area contributed by atoms with Gasteiger partial charge in [0.15, 0.2) is 0 Å². The van der Waals surface area contributed by atoms with Crippen LogP contribution in [0.3, 0.4) is 0 Å². The zero-order valence-corrected chi connectivity index (χ0v) is 12.6. The molecule has 1 fully saturated rings. The molecule has 0 bridgehead atoms. The predicted molar refractivity (Wildman–Crippen MR) is 80.9 cm³/mol. The maximum atomic E-state index is 12.6. The Morgan fingerprint density at radius 2 is 2.00 bits per heavy atom. The van der Waals surface area contributed by atoms with E-state index in [0.29, 0.717) is 22.9 Å². The van der Waals surface area contributed by atoms with Crippen molar-refractivity contribution in [3.8, 4) is 5.75 Å². The second-order valence-electron chi connectivity index (χ2n) is 5.83. The summed E-state index contributed by atoms with van der Waals surface area (Å²) >= 11 is 0. The molecule has 1 aromatic carbocycles. The number of rotatable bonds is 3. The lowest BCUT2D eigenvalue weighted by Gasteiger charge is -2.34. The van der Waals surface area contributed by atoms with Crippen molar-refractivity contribution in [2.75, 3.05) is 25.9 Å². The molecule has 1 aliphatic rings. The summed E-state index contributed by atoms with van der Waals surface area (Å²) in [5, 5.41) is 0. The van der Waals surface area contributed by atoms with Gasteiger partial charge in [0.1, 0.15) is 5.75 Å². The molecule has 0 saturated carbocycles. The second-order valence-corrected chi connectivity index (χ2v) is 5.83. The van der Waals surface area contributed by atoms with Gasteiger partial charge in [0, 0.05) is 18.8 Å². The van der Waals surface area contributed by atoms with E-state index >= 15 is 0 Å². The molecular formula is C16H24N2O2. The van der Waals surface area contributed by atoms with E-state index < -0.39 is 0 Å². The van der Waals surface area contributed by atoms with E-state index in [0.717, 1.165) is 31.8 Å². The van der Waals surface area contributed by atoms with Crippen LogP contribution in [0, 0.1) is 11.8 Å². The van der Waals surface area contributed by atoms with Gasteiger partial charge < -0.3 is 15.4 Å². The van der Waals surface area contributed by atoms with Crippen LogP contribution in [0.4, 0.5) is 5.69 Å². The number of carbonyl (C=O) groups excluding carboxylic acids is 1. The monoisotopic (exact) mass is 276 g/mol. The van der Waals surface area contributed by atoms with Crippen LogP contribution in [0.1, 0.15) is 37.0 Å². The summed E-state index contributed by atoms with van der Waals surface area (Å²) in [6.07, 6.45) is 2.15. The Morgan fingerprint density at radius 3 is 2.55 bits per heavy atom. The number of likely N-dealkylation sites (tertiary alicyclic amines) is 1. The Bertz CT molecular complexity index is 477. The van der Waals surface area contributed by atoms with E-state index in [9.17, 15) is 4.79 Å². The largest absolute Gasteiger partial charge is 0.497 e. The molecule has 2 rings (SSSR count). The lowest BCUT2D eigenvalue weighted by molar-refractivity contribution is 0.0668. The average molecular weight is 276 g/mol. The Balaban J connectivity index is 2.09. The van der Waals surface area contributed by atoms with Crippen LogP contribution in [0.15, 0.2) is 18.2 Å². The fraction of sp³-hybridized carbons (Fsp3) is 0.562. The molecule has 20 heavy (non-hydrogen) atoms. The van der Waals surface area contributed by atoms with Crippen molar-refractivity contribution in [3.63, 3.8) is 0 Å². The first-order chi connectivity index (χ1) is 9.52. The van der Waals surface area contributed by atoms with Gasteiger partial charge in [-0.2, -0.15) is 0 Å². The van der Waals surface area contributed by atoms with Crippen LogP contribution in [-0.4, -0.2) is 31.0 Å². The zero-order chi connectivity index (χ0) is 14.7. The van der Waals surface area contributed by atoms with E-state index in [1.807, 2.05) is 4.90 Å². The van der Waals surface area contributed by atoms with Gasteiger partial charge in [-0.25, -0.2) is 0 Å². The summed E-state index contributed by atoms with van der Waals surface area (Å²) < 4.78 is 5.17. The summed E-state index contributed by atoms with van der Waals surface area (Å²) in [6, 6.07) is 5.23. The van der Waals surface area contributed by atoms with Gasteiger partial charge in [-0.05, 0) is 42.9 Å². The number of carbonyl (C=O) groups is 1. The van der Waals surface area contributed by atoms with E-state index in [1.165, 1.54) is 0 Å². The van der Waals surface area contributed by atoms with Gasteiger partial charge in [-0.1, -0.05) is 13.8 Å². The van der Waals surface area contributed by atoms with Crippen molar-refractivity contribution in [3.05, 3.63) is 23.8 Å². The summed E-state index contributed by atoms with van der Waals surface area (Å²) in [7, 11) is 1.59. The fourth-order valence-electron chi connectivity index (χ4n) is 2.79. The Kier molecular flexibility index (Phi) is 4.53. The van der Waals surface area contributed by atoms with Crippen molar-refractivity contribution >= 4 is 11.6 Å². The van der Waals surface area contributed by atoms with Gasteiger partial charge in [0.05, 0.1) is 12.7 Å². The minimum Gasteiger partial charge on any atom is -0.497 e. The maximum Gasteiger partial charge on any atom is 0.256 e. The first kappa shape index (κ1) is 14.7. The van der Waals surface area contributed by atoms with Crippen molar-refractivity contribution in [2.24, 2.45) is 11.8 Å². The zero-order valence-electron chi connectivity index (χ0n) is 12.6. The molecule has 1 saturated heterocycles. The topological polar surface area (TPSA) is 55.6 Å². The molecule has 1 aliphatic heterocycles. The lowest BCUT2D eigenvalue weighted by Crippen LogP contribution is -2.39. The summed E-state index contributed by atoms with van der Waals surface area (Å²) in [5.74, 6) is 2.10. The smallest absolute Gasteiger partial charge is 0.256 e. The molecule has 110 valence electrons. The van der Waals surface area contributed by atoms with Crippen molar-refractivity contribution in [2.45, 2.75) is 26.7 Å². The summed E-state index contributed by atoms with van der Waals surface area (Å²) in [6.45, 7) is 6.14. The van der Waals surface area contributed by atoms with Crippen LogP contribution in [-0.2, 0) is 0 Å². The fourth-order valence-corrected chi connectivity index (χ4v) is 2.79. The number of methoxy groups -OCH3 is 1. The Labute approximate surface area is 120 Å². The van der Waals surface area contributed by atoms with E-state index in [2.05, 4.69) is 13.8 Å². The van der Waals surface area contributed by atoms with Crippen molar-refractivity contribution in [1.82, 2.24) is 4.90 Å². The Hall–Kier alpha value is -1.71. The number of ether oxygens (including phenoxy) is 1. The number of piperidine rings is 1. The van der Waals surface area contributed by atoms with Crippen LogP contribution >= 0.6 is 0 Å². The number of hydrogen-bond acceptors (Lipinski definition) is 3. The Morgan fingerprint density at radius 1 is 1.35 bits per heavy atom. The molecule has 0 aliphatic carbocycles. The highest BCUT2D eigenvalue weighted by molar-refractivity contribution is 5.99. The minimum absolute atomic E-state index is 0.0172. The van der Waals surface area contributed by atoms with Crippen LogP contribution in [0.25, 0.3) is 0 Å². The lowest BCUT2D eigenvalue weighted by atomic mass is 9.86. The number of nitrogen functional groups attached to an aromatic ring is 1. The number of anilines is 1. The van der Waals surface area contributed by atoms with Crippen molar-refractivity contribution < 1.29 is 9.53 Å². The third kappa shape index (κ3) is 3.06. The highest BCUT2D eigenvalue weighted by Crippen LogP contribution is 2.27. The predicted octanol–water partition coefficient (Wildman–Crippen LogP) is 2.79.